The van der Waals surface area contributed by atoms with Gasteiger partial charge in [-0.25, -0.2) is 14.4 Å². The highest BCUT2D eigenvalue weighted by Crippen LogP contribution is 2.23. The zero-order chi connectivity index (χ0) is 32.0. The lowest BCUT2D eigenvalue weighted by atomic mass is 10.1. The smallest absolute Gasteiger partial charge is 0.415 e. The van der Waals surface area contributed by atoms with Gasteiger partial charge in [0.1, 0.15) is 12.6 Å². The van der Waals surface area contributed by atoms with Crippen LogP contribution < -0.4 is 15.1 Å². The average Bonchev–Trinajstić information content (AvgIpc) is 3.04. The lowest BCUT2D eigenvalue weighted by Gasteiger charge is -2.26. The van der Waals surface area contributed by atoms with E-state index < -0.39 is 24.2 Å². The Hall–Kier alpha value is -4.69. The molecule has 15 nitrogen and oxygen atoms in total. The molecule has 2 aromatic rings. The zero-order valence-corrected chi connectivity index (χ0v) is 24.8. The van der Waals surface area contributed by atoms with Gasteiger partial charge in [-0.2, -0.15) is 0 Å². The third kappa shape index (κ3) is 13.1. The SMILES string of the molecule is CCC(C(=O)OC(=O)NCCOCCOCCOCCN=[N+]=[N-])N(C=O)c1ccc(N(C)C(=O)OCc2ccccc2)cc1. The first kappa shape index (κ1) is 35.5. The number of hydrogen-bond donors (Lipinski definition) is 1. The minimum Gasteiger partial charge on any atom is -0.444 e. The second kappa shape index (κ2) is 21.1. The molecule has 1 unspecified atom stereocenters. The number of carbonyl (C=O) groups excluding carboxylic acids is 4. The summed E-state index contributed by atoms with van der Waals surface area (Å²) in [5.74, 6) is -0.904. The van der Waals surface area contributed by atoms with Crippen LogP contribution in [0.1, 0.15) is 18.9 Å². The summed E-state index contributed by atoms with van der Waals surface area (Å²) in [5, 5.41) is 5.76. The Morgan fingerprint density at radius 2 is 1.55 bits per heavy atom. The quantitative estimate of drug-likeness (QED) is 0.0441. The fourth-order valence-corrected chi connectivity index (χ4v) is 3.67. The van der Waals surface area contributed by atoms with Gasteiger partial charge in [-0.3, -0.25) is 9.69 Å². The van der Waals surface area contributed by atoms with Crippen LogP contribution in [0.3, 0.4) is 0 Å². The van der Waals surface area contributed by atoms with E-state index in [1.165, 1.54) is 4.90 Å². The molecule has 0 spiro atoms. The predicted molar refractivity (Wildman–Crippen MR) is 160 cm³/mol. The molecule has 1 atom stereocenters. The molecule has 0 aromatic heterocycles. The maximum absolute atomic E-state index is 12.7. The third-order valence-corrected chi connectivity index (χ3v) is 5.97. The van der Waals surface area contributed by atoms with Gasteiger partial charge in [0, 0.05) is 36.4 Å². The van der Waals surface area contributed by atoms with Crippen molar-refractivity contribution in [1.82, 2.24) is 5.32 Å². The number of benzene rings is 2. The molecule has 2 aromatic carbocycles. The van der Waals surface area contributed by atoms with Crippen molar-refractivity contribution in [3.8, 4) is 0 Å². The monoisotopic (exact) mass is 614 g/mol. The first-order valence-corrected chi connectivity index (χ1v) is 13.9. The lowest BCUT2D eigenvalue weighted by Crippen LogP contribution is -2.43. The number of carbonyl (C=O) groups is 4. The summed E-state index contributed by atoms with van der Waals surface area (Å²) in [4.78, 5) is 54.3. The van der Waals surface area contributed by atoms with Crippen LogP contribution in [-0.2, 0) is 39.9 Å². The van der Waals surface area contributed by atoms with E-state index in [1.807, 2.05) is 30.3 Å². The molecule has 15 heteroatoms. The minimum atomic E-state index is -1.06. The topological polar surface area (TPSA) is 182 Å². The number of alkyl carbamates (subject to hydrolysis) is 1. The molecule has 0 aliphatic carbocycles. The van der Waals surface area contributed by atoms with Gasteiger partial charge in [0.25, 0.3) is 0 Å². The van der Waals surface area contributed by atoms with Crippen molar-refractivity contribution >= 4 is 35.9 Å². The van der Waals surface area contributed by atoms with Gasteiger partial charge in [0.15, 0.2) is 0 Å². The van der Waals surface area contributed by atoms with Gasteiger partial charge in [-0.15, -0.1) is 0 Å². The average molecular weight is 615 g/mol. The van der Waals surface area contributed by atoms with Crippen LogP contribution in [0.25, 0.3) is 10.4 Å². The molecule has 0 saturated carbocycles. The number of amides is 3. The third-order valence-electron chi connectivity index (χ3n) is 5.97. The molecular weight excluding hydrogens is 576 g/mol. The summed E-state index contributed by atoms with van der Waals surface area (Å²) < 4.78 is 26.1. The Morgan fingerprint density at radius 3 is 2.16 bits per heavy atom. The Morgan fingerprint density at radius 1 is 0.932 bits per heavy atom. The Bertz CT molecular complexity index is 1210. The van der Waals surface area contributed by atoms with Crippen molar-refractivity contribution in [1.29, 1.82) is 0 Å². The van der Waals surface area contributed by atoms with Crippen LogP contribution in [0.15, 0.2) is 59.7 Å². The van der Waals surface area contributed by atoms with Crippen LogP contribution >= 0.6 is 0 Å². The normalized spacial score (nSPS) is 11.0. The number of ether oxygens (including phenoxy) is 5. The second-order valence-electron chi connectivity index (χ2n) is 8.98. The van der Waals surface area contributed by atoms with Crippen molar-refractivity contribution in [3.63, 3.8) is 0 Å². The van der Waals surface area contributed by atoms with Gasteiger partial charge in [0.05, 0.1) is 39.6 Å². The molecular formula is C29H38N6O9. The standard InChI is InChI=1S/C29H38N6O9/c1-3-26(27(37)44-28(38)31-13-15-40-17-19-42-20-18-41-16-14-32-33-30)35(22-36)25-11-9-24(10-12-25)34(2)29(39)43-21-23-7-5-4-6-8-23/h4-12,22,26H,3,13-21H2,1-2H3,(H,31,38). The number of azide groups is 1. The fourth-order valence-electron chi connectivity index (χ4n) is 3.67. The van der Waals surface area contributed by atoms with Gasteiger partial charge < -0.3 is 33.9 Å². The molecule has 0 bridgehead atoms. The maximum atomic E-state index is 12.7. The number of anilines is 2. The van der Waals surface area contributed by atoms with Crippen LogP contribution in [0, 0.1) is 0 Å². The van der Waals surface area contributed by atoms with Gasteiger partial charge in [-0.05, 0) is 41.8 Å². The van der Waals surface area contributed by atoms with E-state index >= 15 is 0 Å². The Balaban J connectivity index is 1.72. The molecule has 0 radical (unpaired) electrons. The zero-order valence-electron chi connectivity index (χ0n) is 24.8. The highest BCUT2D eigenvalue weighted by atomic mass is 16.6. The molecule has 1 N–H and O–H groups in total. The molecule has 238 valence electrons. The molecule has 0 fully saturated rings. The number of esters is 1. The first-order chi connectivity index (χ1) is 21.4. The first-order valence-electron chi connectivity index (χ1n) is 13.9. The number of hydrogen-bond acceptors (Lipinski definition) is 10. The van der Waals surface area contributed by atoms with E-state index in [9.17, 15) is 19.2 Å². The molecule has 0 aliphatic heterocycles. The highest BCUT2D eigenvalue weighted by Gasteiger charge is 2.28. The largest absolute Gasteiger partial charge is 0.444 e. The lowest BCUT2D eigenvalue weighted by molar-refractivity contribution is -0.139. The summed E-state index contributed by atoms with van der Waals surface area (Å²) in [6.45, 7) is 3.94. The number of nitrogens with zero attached hydrogens (tertiary/aromatic N) is 5. The molecule has 0 saturated heterocycles. The van der Waals surface area contributed by atoms with Crippen molar-refractivity contribution in [2.24, 2.45) is 5.11 Å². The fraction of sp³-hybridized carbons (Fsp3) is 0.448. The van der Waals surface area contributed by atoms with Crippen LogP contribution in [-0.4, -0.2) is 90.4 Å². The summed E-state index contributed by atoms with van der Waals surface area (Å²) in [6.07, 6.45) is -0.871. The van der Waals surface area contributed by atoms with E-state index in [-0.39, 0.29) is 39.3 Å². The Kier molecular flexibility index (Phi) is 17.0. The van der Waals surface area contributed by atoms with Crippen molar-refractivity contribution in [3.05, 3.63) is 70.6 Å². The number of nitrogens with one attached hydrogen (secondary N) is 1. The molecule has 3 amide bonds. The minimum absolute atomic E-state index is 0.0889. The van der Waals surface area contributed by atoms with Crippen molar-refractivity contribution in [2.45, 2.75) is 26.0 Å². The summed E-state index contributed by atoms with van der Waals surface area (Å²) in [7, 11) is 1.55. The molecule has 0 heterocycles. The summed E-state index contributed by atoms with van der Waals surface area (Å²) in [5.41, 5.74) is 9.89. The van der Waals surface area contributed by atoms with Crippen LogP contribution in [0.2, 0.25) is 0 Å². The van der Waals surface area contributed by atoms with E-state index in [4.69, 9.17) is 29.2 Å². The molecule has 44 heavy (non-hydrogen) atoms. The van der Waals surface area contributed by atoms with Crippen molar-refractivity contribution < 1.29 is 42.9 Å². The van der Waals surface area contributed by atoms with Gasteiger partial charge >= 0.3 is 18.2 Å². The van der Waals surface area contributed by atoms with E-state index in [0.717, 1.165) is 10.5 Å². The predicted octanol–water partition coefficient (Wildman–Crippen LogP) is 3.81. The summed E-state index contributed by atoms with van der Waals surface area (Å²) >= 11 is 0. The van der Waals surface area contributed by atoms with E-state index in [1.54, 1.807) is 38.2 Å². The van der Waals surface area contributed by atoms with E-state index in [2.05, 4.69) is 15.3 Å². The van der Waals surface area contributed by atoms with Gasteiger partial charge in [-0.1, -0.05) is 42.4 Å². The van der Waals surface area contributed by atoms with Crippen LogP contribution in [0.4, 0.5) is 21.0 Å². The molecule has 0 aliphatic rings. The molecule has 2 rings (SSSR count). The highest BCUT2D eigenvalue weighted by molar-refractivity contribution is 5.94. The second-order valence-corrected chi connectivity index (χ2v) is 8.98. The summed E-state index contributed by atoms with van der Waals surface area (Å²) in [6, 6.07) is 14.6. The van der Waals surface area contributed by atoms with Crippen LogP contribution in [0.5, 0.6) is 0 Å². The van der Waals surface area contributed by atoms with Crippen molar-refractivity contribution in [2.75, 3.05) is 69.6 Å². The Labute approximate surface area is 255 Å². The van der Waals surface area contributed by atoms with E-state index in [0.29, 0.717) is 44.2 Å². The van der Waals surface area contributed by atoms with Gasteiger partial charge in [0.2, 0.25) is 6.41 Å². The maximum Gasteiger partial charge on any atom is 0.415 e. The number of rotatable bonds is 20.